The molecule has 35 heavy (non-hydrogen) atoms. The van der Waals surface area contributed by atoms with E-state index in [0.717, 1.165) is 12.1 Å². The summed E-state index contributed by atoms with van der Waals surface area (Å²) in [6, 6.07) is 15.6. The molecule has 180 valence electrons. The second kappa shape index (κ2) is 8.94. The van der Waals surface area contributed by atoms with Crippen molar-refractivity contribution >= 4 is 23.2 Å². The Labute approximate surface area is 198 Å². The zero-order valence-electron chi connectivity index (χ0n) is 18.3. The van der Waals surface area contributed by atoms with Gasteiger partial charge in [0, 0.05) is 31.9 Å². The minimum Gasteiger partial charge on any atom is -0.454 e. The highest BCUT2D eigenvalue weighted by Crippen LogP contribution is 2.41. The second-order valence-electron chi connectivity index (χ2n) is 8.13. The summed E-state index contributed by atoms with van der Waals surface area (Å²) >= 11 is 0. The number of para-hydroxylation sites is 1. The fraction of sp³-hybridized carbons (Fsp3) is 0.200. The molecular weight excluding hydrogens is 464 g/mol. The Hall–Kier alpha value is -4.08. The summed E-state index contributed by atoms with van der Waals surface area (Å²) < 4.78 is 58.9. The molecule has 0 atom stereocenters. The molecular formula is C25H20F4N4O2. The molecule has 1 fully saturated rings. The number of benzene rings is 3. The van der Waals surface area contributed by atoms with E-state index in [1.165, 1.54) is 24.3 Å². The number of anilines is 1. The molecule has 3 aromatic rings. The van der Waals surface area contributed by atoms with E-state index < -0.39 is 17.6 Å². The first-order chi connectivity index (χ1) is 16.8. The lowest BCUT2D eigenvalue weighted by Crippen LogP contribution is -2.51. The fourth-order valence-electron chi connectivity index (χ4n) is 4.03. The van der Waals surface area contributed by atoms with Crippen molar-refractivity contribution in [3.8, 4) is 11.5 Å². The first kappa shape index (κ1) is 22.7. The highest BCUT2D eigenvalue weighted by atomic mass is 19.4. The topological polar surface area (TPSA) is 57.2 Å². The molecule has 5 rings (SSSR count). The highest BCUT2D eigenvalue weighted by molar-refractivity contribution is 6.04. The molecule has 10 heteroatoms. The lowest BCUT2D eigenvalue weighted by Gasteiger charge is -2.36. The first-order valence-corrected chi connectivity index (χ1v) is 10.9. The van der Waals surface area contributed by atoms with Crippen LogP contribution in [0.25, 0.3) is 0 Å². The summed E-state index contributed by atoms with van der Waals surface area (Å²) in [5, 5.41) is 2.69. The Morgan fingerprint density at radius 1 is 0.914 bits per heavy atom. The number of hydrogen-bond acceptors (Lipinski definition) is 4. The van der Waals surface area contributed by atoms with Crippen LogP contribution in [0.3, 0.4) is 0 Å². The minimum atomic E-state index is -4.50. The Balaban J connectivity index is 1.37. The minimum absolute atomic E-state index is 0.0235. The van der Waals surface area contributed by atoms with Gasteiger partial charge in [0.2, 0.25) is 0 Å². The number of hydrogen-bond donors (Lipinski definition) is 1. The van der Waals surface area contributed by atoms with E-state index >= 15 is 0 Å². The van der Waals surface area contributed by atoms with Crippen molar-refractivity contribution in [1.29, 1.82) is 0 Å². The summed E-state index contributed by atoms with van der Waals surface area (Å²) in [6.45, 7) is 1.64. The van der Waals surface area contributed by atoms with Gasteiger partial charge in [0.15, 0.2) is 5.75 Å². The van der Waals surface area contributed by atoms with E-state index in [-0.39, 0.29) is 17.5 Å². The van der Waals surface area contributed by atoms with Crippen LogP contribution in [0.15, 0.2) is 71.7 Å². The Morgan fingerprint density at radius 2 is 1.69 bits per heavy atom. The quantitative estimate of drug-likeness (QED) is 0.439. The molecule has 3 aromatic carbocycles. The number of urea groups is 1. The fourth-order valence-corrected chi connectivity index (χ4v) is 4.03. The third kappa shape index (κ3) is 4.77. The van der Waals surface area contributed by atoms with Crippen LogP contribution in [0.5, 0.6) is 11.5 Å². The number of rotatable bonds is 1. The van der Waals surface area contributed by atoms with E-state index in [1.54, 1.807) is 35.2 Å². The molecule has 6 nitrogen and oxygen atoms in total. The van der Waals surface area contributed by atoms with Crippen LogP contribution in [0.4, 0.5) is 33.7 Å². The Bertz CT molecular complexity index is 1300. The first-order valence-electron chi connectivity index (χ1n) is 10.9. The number of carbonyl (C=O) groups is 1. The number of carbonyl (C=O) groups excluding carboxylic acids is 1. The Morgan fingerprint density at radius 3 is 2.43 bits per heavy atom. The maximum Gasteiger partial charge on any atom is 0.416 e. The highest BCUT2D eigenvalue weighted by Gasteiger charge is 2.33. The molecule has 2 aliphatic rings. The molecule has 0 aromatic heterocycles. The van der Waals surface area contributed by atoms with E-state index in [1.807, 2.05) is 4.90 Å². The van der Waals surface area contributed by atoms with Crippen molar-refractivity contribution in [1.82, 2.24) is 9.80 Å². The Kier molecular flexibility index (Phi) is 5.80. The van der Waals surface area contributed by atoms with Crippen molar-refractivity contribution in [2.45, 2.75) is 6.18 Å². The van der Waals surface area contributed by atoms with Crippen LogP contribution in [0.2, 0.25) is 0 Å². The number of nitrogens with one attached hydrogen (secondary N) is 1. The van der Waals surface area contributed by atoms with Crippen molar-refractivity contribution in [3.63, 3.8) is 0 Å². The van der Waals surface area contributed by atoms with Gasteiger partial charge < -0.3 is 19.9 Å². The molecule has 0 aliphatic carbocycles. The van der Waals surface area contributed by atoms with Gasteiger partial charge in [-0.3, -0.25) is 0 Å². The van der Waals surface area contributed by atoms with Gasteiger partial charge in [0.25, 0.3) is 0 Å². The third-order valence-corrected chi connectivity index (χ3v) is 5.80. The maximum atomic E-state index is 13.4. The predicted molar refractivity (Wildman–Crippen MR) is 123 cm³/mol. The van der Waals surface area contributed by atoms with Crippen molar-refractivity contribution < 1.29 is 27.1 Å². The van der Waals surface area contributed by atoms with Gasteiger partial charge in [0.1, 0.15) is 23.1 Å². The molecule has 1 saturated heterocycles. The largest absolute Gasteiger partial charge is 0.454 e. The molecule has 0 bridgehead atoms. The molecule has 0 spiro atoms. The molecule has 2 aliphatic heterocycles. The van der Waals surface area contributed by atoms with Gasteiger partial charge in [-0.2, -0.15) is 13.2 Å². The second-order valence-corrected chi connectivity index (χ2v) is 8.13. The molecule has 2 heterocycles. The normalized spacial score (nSPS) is 15.4. The number of ether oxygens (including phenoxy) is 1. The molecule has 0 saturated carbocycles. The van der Waals surface area contributed by atoms with Crippen LogP contribution in [0.1, 0.15) is 11.1 Å². The van der Waals surface area contributed by atoms with Crippen LogP contribution in [0, 0.1) is 5.82 Å². The monoisotopic (exact) mass is 484 g/mol. The summed E-state index contributed by atoms with van der Waals surface area (Å²) in [5.74, 6) is 0.540. The number of halogens is 4. The van der Waals surface area contributed by atoms with Gasteiger partial charge in [-0.05, 0) is 48.5 Å². The molecule has 1 N–H and O–H groups in total. The molecule has 2 amide bonds. The third-order valence-electron chi connectivity index (χ3n) is 5.80. The van der Waals surface area contributed by atoms with E-state index in [0.29, 0.717) is 49.0 Å². The number of fused-ring (bicyclic) bond motifs is 2. The number of aliphatic imine (C=N–C) groups is 1. The van der Waals surface area contributed by atoms with Gasteiger partial charge in [0.05, 0.1) is 11.1 Å². The van der Waals surface area contributed by atoms with Crippen LogP contribution in [-0.2, 0) is 6.18 Å². The van der Waals surface area contributed by atoms with Crippen molar-refractivity contribution in [2.24, 2.45) is 4.99 Å². The molecule has 0 radical (unpaired) electrons. The summed E-state index contributed by atoms with van der Waals surface area (Å²) in [5.41, 5.74) is 0.488. The SMILES string of the molecule is O=C(Nc1cccc(F)c1)N1CCN(C2=Nc3ccc(C(F)(F)F)cc3Oc3ccccc32)CC1. The summed E-state index contributed by atoms with van der Waals surface area (Å²) in [4.78, 5) is 20.9. The number of piperazine rings is 1. The lowest BCUT2D eigenvalue weighted by atomic mass is 10.1. The van der Waals surface area contributed by atoms with Crippen LogP contribution < -0.4 is 10.1 Å². The van der Waals surface area contributed by atoms with E-state index in [4.69, 9.17) is 4.74 Å². The maximum absolute atomic E-state index is 13.4. The van der Waals surface area contributed by atoms with Gasteiger partial charge in [-0.1, -0.05) is 18.2 Å². The van der Waals surface area contributed by atoms with E-state index in [9.17, 15) is 22.4 Å². The van der Waals surface area contributed by atoms with Gasteiger partial charge in [-0.15, -0.1) is 0 Å². The standard InChI is InChI=1S/C25H20F4N4O2/c26-17-4-3-5-18(15-17)30-24(34)33-12-10-32(11-13-33)23-19-6-1-2-7-21(19)35-22-14-16(25(27,28)29)8-9-20(22)31-23/h1-9,14-15H,10-13H2,(H,30,34). The van der Waals surface area contributed by atoms with Gasteiger partial charge >= 0.3 is 12.2 Å². The predicted octanol–water partition coefficient (Wildman–Crippen LogP) is 5.88. The smallest absolute Gasteiger partial charge is 0.416 e. The van der Waals surface area contributed by atoms with Gasteiger partial charge in [-0.25, -0.2) is 14.2 Å². The number of nitrogens with zero attached hydrogens (tertiary/aromatic N) is 3. The zero-order valence-corrected chi connectivity index (χ0v) is 18.3. The van der Waals surface area contributed by atoms with Crippen LogP contribution >= 0.6 is 0 Å². The van der Waals surface area contributed by atoms with Crippen molar-refractivity contribution in [3.05, 3.63) is 83.7 Å². The van der Waals surface area contributed by atoms with Crippen LogP contribution in [-0.4, -0.2) is 47.8 Å². The lowest BCUT2D eigenvalue weighted by molar-refractivity contribution is -0.137. The molecule has 0 unspecified atom stereocenters. The number of amides is 2. The van der Waals surface area contributed by atoms with Crippen molar-refractivity contribution in [2.75, 3.05) is 31.5 Å². The summed E-state index contributed by atoms with van der Waals surface area (Å²) in [7, 11) is 0. The zero-order chi connectivity index (χ0) is 24.6. The number of alkyl halides is 3. The van der Waals surface area contributed by atoms with E-state index in [2.05, 4.69) is 10.3 Å². The average molecular weight is 484 g/mol. The number of amidine groups is 1. The average Bonchev–Trinajstić information content (AvgIpc) is 3.00. The summed E-state index contributed by atoms with van der Waals surface area (Å²) in [6.07, 6.45) is -4.50.